The van der Waals surface area contributed by atoms with E-state index < -0.39 is 70.5 Å². The van der Waals surface area contributed by atoms with E-state index in [0.717, 1.165) is 6.07 Å². The number of halogens is 10. The zero-order valence-corrected chi connectivity index (χ0v) is 18.8. The highest BCUT2D eigenvalue weighted by molar-refractivity contribution is 14.1. The number of nitrogens with zero attached hydrogens (tertiary/aromatic N) is 2. The molecule has 0 saturated carbocycles. The predicted octanol–water partition coefficient (Wildman–Crippen LogP) is 6.24. The number of aliphatic hydroxyl groups is 2. The van der Waals surface area contributed by atoms with Crippen LogP contribution >= 0.6 is 22.6 Å². The molecule has 2 N–H and O–H groups in total. The van der Waals surface area contributed by atoms with Gasteiger partial charge in [-0.1, -0.05) is 22.6 Å². The van der Waals surface area contributed by atoms with Crippen LogP contribution < -0.4 is 0 Å². The third-order valence-corrected chi connectivity index (χ3v) is 5.55. The molecule has 0 aliphatic carbocycles. The maximum atomic E-state index is 13.2. The van der Waals surface area contributed by atoms with E-state index in [1.54, 1.807) is 22.6 Å². The van der Waals surface area contributed by atoms with Crippen molar-refractivity contribution < 1.29 is 49.7 Å². The molecule has 186 valence electrons. The number of aliphatic hydroxyl groups excluding tert-OH is 2. The molecule has 1 aromatic heterocycles. The van der Waals surface area contributed by atoms with Crippen LogP contribution in [0.15, 0.2) is 36.5 Å². The summed E-state index contributed by atoms with van der Waals surface area (Å²) in [7, 11) is 0. The van der Waals surface area contributed by atoms with Crippen LogP contribution in [0.1, 0.15) is 46.6 Å². The third-order valence-electron chi connectivity index (χ3n) is 5.01. The van der Waals surface area contributed by atoms with Crippen molar-refractivity contribution in [3.63, 3.8) is 0 Å². The van der Waals surface area contributed by atoms with Gasteiger partial charge in [-0.25, -0.2) is 0 Å². The second-order valence-corrected chi connectivity index (χ2v) is 8.29. The molecule has 0 radical (unpaired) electrons. The Bertz CT molecular complexity index is 1030. The first-order chi connectivity index (χ1) is 15.5. The fourth-order valence-corrected chi connectivity index (χ4v) is 4.15. The minimum atomic E-state index is -5.25. The Kier molecular flexibility index (Phi) is 8.15. The first kappa shape index (κ1) is 28.1. The van der Waals surface area contributed by atoms with Crippen LogP contribution in [0, 0.1) is 16.7 Å². The number of pyridine rings is 1. The monoisotopic (exact) mass is 612 g/mol. The summed E-state index contributed by atoms with van der Waals surface area (Å²) in [6.45, 7) is 0. The van der Waals surface area contributed by atoms with E-state index >= 15 is 0 Å². The van der Waals surface area contributed by atoms with Gasteiger partial charge in [-0.3, -0.25) is 4.98 Å². The molecule has 0 aliphatic heterocycles. The highest BCUT2D eigenvalue weighted by Crippen LogP contribution is 2.49. The smallest absolute Gasteiger partial charge is 0.387 e. The van der Waals surface area contributed by atoms with Gasteiger partial charge in [0.15, 0.2) is 0 Å². The van der Waals surface area contributed by atoms with E-state index in [2.05, 4.69) is 4.98 Å². The van der Waals surface area contributed by atoms with Crippen molar-refractivity contribution in [2.24, 2.45) is 5.41 Å². The van der Waals surface area contributed by atoms with Crippen molar-refractivity contribution in [1.29, 1.82) is 5.26 Å². The van der Waals surface area contributed by atoms with Crippen molar-refractivity contribution in [3.8, 4) is 6.07 Å². The van der Waals surface area contributed by atoms with Crippen LogP contribution in [0.4, 0.5) is 39.5 Å². The summed E-state index contributed by atoms with van der Waals surface area (Å²) in [4.78, 5) is 3.09. The van der Waals surface area contributed by atoms with E-state index in [0.29, 0.717) is 12.3 Å². The molecular weight excluding hydrogens is 598 g/mol. The summed E-state index contributed by atoms with van der Waals surface area (Å²) >= 11 is 1.67. The number of benzene rings is 1. The molecule has 1 heterocycles. The quantitative estimate of drug-likeness (QED) is 0.230. The van der Waals surface area contributed by atoms with E-state index in [4.69, 9.17) is 0 Å². The number of alkyl halides is 10. The lowest BCUT2D eigenvalue weighted by Crippen LogP contribution is -2.35. The third kappa shape index (κ3) is 5.92. The molecule has 0 amide bonds. The topological polar surface area (TPSA) is 77.1 Å². The Hall–Kier alpha value is -2.12. The van der Waals surface area contributed by atoms with Crippen LogP contribution in [-0.2, 0) is 18.5 Å². The van der Waals surface area contributed by atoms with Crippen molar-refractivity contribution >= 4 is 22.6 Å². The van der Waals surface area contributed by atoms with Crippen LogP contribution in [0.5, 0.6) is 0 Å². The standard InChI is InChI=1S/C20H14F9IN2O2/c21-18(22,23)12-5-11(6-13(8-12)19(24,25)26)16(34)17(9-31,2-3-30)15(33)10-1-4-32-14(7-10)20(27,28)29/h1,4-8,15-16,33-34H,2-3H2. The summed E-state index contributed by atoms with van der Waals surface area (Å²) < 4.78 is 118. The molecule has 3 unspecified atom stereocenters. The first-order valence-corrected chi connectivity index (χ1v) is 10.7. The van der Waals surface area contributed by atoms with E-state index in [1.807, 2.05) is 0 Å². The zero-order chi connectivity index (χ0) is 26.1. The Labute approximate surface area is 200 Å². The molecule has 34 heavy (non-hydrogen) atoms. The highest BCUT2D eigenvalue weighted by Gasteiger charge is 2.48. The van der Waals surface area contributed by atoms with Crippen molar-refractivity contribution in [3.05, 3.63) is 64.5 Å². The summed E-state index contributed by atoms with van der Waals surface area (Å²) in [6.07, 6.45) is -19.9. The molecule has 0 aliphatic rings. The maximum absolute atomic E-state index is 13.2. The Morgan fingerprint density at radius 1 is 0.824 bits per heavy atom. The van der Waals surface area contributed by atoms with Gasteiger partial charge in [0.2, 0.25) is 0 Å². The Morgan fingerprint density at radius 2 is 1.32 bits per heavy atom. The number of rotatable bonds is 6. The number of aromatic nitrogens is 1. The van der Waals surface area contributed by atoms with Crippen LogP contribution in [-0.4, -0.2) is 19.6 Å². The summed E-state index contributed by atoms with van der Waals surface area (Å²) in [5.74, 6) is 0. The lowest BCUT2D eigenvalue weighted by Gasteiger charge is -2.36. The lowest BCUT2D eigenvalue weighted by atomic mass is 9.71. The summed E-state index contributed by atoms with van der Waals surface area (Å²) in [5.41, 5.74) is -9.05. The van der Waals surface area contributed by atoms with Gasteiger partial charge in [0.05, 0.1) is 17.2 Å². The van der Waals surface area contributed by atoms with Gasteiger partial charge in [-0.15, -0.1) is 0 Å². The van der Waals surface area contributed by atoms with Gasteiger partial charge >= 0.3 is 18.5 Å². The SMILES string of the molecule is N#CC(CCI)(C(O)c1cc(C(F)(F)F)cc(C(F)(F)F)c1)C(O)c1ccnc(C(F)(F)F)c1. The van der Waals surface area contributed by atoms with E-state index in [9.17, 15) is 55.0 Å². The van der Waals surface area contributed by atoms with Crippen LogP contribution in [0.2, 0.25) is 0 Å². The highest BCUT2D eigenvalue weighted by atomic mass is 127. The minimum Gasteiger partial charge on any atom is -0.387 e. The zero-order valence-electron chi connectivity index (χ0n) is 16.6. The molecule has 2 rings (SSSR count). The van der Waals surface area contributed by atoms with Gasteiger partial charge in [0.1, 0.15) is 23.3 Å². The number of nitriles is 1. The average molecular weight is 612 g/mol. The summed E-state index contributed by atoms with van der Waals surface area (Å²) in [5, 5.41) is 31.5. The first-order valence-electron chi connectivity index (χ1n) is 9.13. The van der Waals surface area contributed by atoms with Gasteiger partial charge in [-0.05, 0) is 47.9 Å². The van der Waals surface area contributed by atoms with Crippen molar-refractivity contribution in [1.82, 2.24) is 4.98 Å². The van der Waals surface area contributed by atoms with Crippen LogP contribution in [0.25, 0.3) is 0 Å². The maximum Gasteiger partial charge on any atom is 0.433 e. The van der Waals surface area contributed by atoms with Crippen molar-refractivity contribution in [2.45, 2.75) is 37.2 Å². The molecule has 0 fully saturated rings. The lowest BCUT2D eigenvalue weighted by molar-refractivity contribution is -0.143. The van der Waals surface area contributed by atoms with Gasteiger partial charge < -0.3 is 10.2 Å². The van der Waals surface area contributed by atoms with Gasteiger partial charge in [-0.2, -0.15) is 44.8 Å². The molecule has 0 bridgehead atoms. The largest absolute Gasteiger partial charge is 0.433 e. The molecule has 4 nitrogen and oxygen atoms in total. The fourth-order valence-electron chi connectivity index (χ4n) is 3.26. The minimum absolute atomic E-state index is 0.0399. The second kappa shape index (κ2) is 9.86. The Balaban J connectivity index is 2.71. The predicted molar refractivity (Wildman–Crippen MR) is 107 cm³/mol. The molecular formula is C20H14F9IN2O2. The van der Waals surface area contributed by atoms with Gasteiger partial charge in [0.25, 0.3) is 0 Å². The van der Waals surface area contributed by atoms with Crippen molar-refractivity contribution in [2.75, 3.05) is 4.43 Å². The average Bonchev–Trinajstić information content (AvgIpc) is 2.74. The van der Waals surface area contributed by atoms with E-state index in [-0.39, 0.29) is 22.6 Å². The number of hydrogen-bond acceptors (Lipinski definition) is 4. The van der Waals surface area contributed by atoms with Gasteiger partial charge in [0, 0.05) is 10.6 Å². The molecule has 0 spiro atoms. The second-order valence-electron chi connectivity index (χ2n) is 7.21. The summed E-state index contributed by atoms with van der Waals surface area (Å²) in [6, 6.07) is 2.99. The molecule has 3 atom stereocenters. The molecule has 1 aromatic carbocycles. The molecule has 0 saturated heterocycles. The van der Waals surface area contributed by atoms with E-state index in [1.165, 1.54) is 6.07 Å². The fraction of sp³-hybridized carbons (Fsp3) is 0.400. The Morgan fingerprint density at radius 3 is 1.74 bits per heavy atom. The molecule has 14 heteroatoms. The number of hydrogen-bond donors (Lipinski definition) is 2. The van der Waals surface area contributed by atoms with Crippen LogP contribution in [0.3, 0.4) is 0 Å². The normalized spacial score (nSPS) is 16.4. The molecule has 2 aromatic rings.